The van der Waals surface area contributed by atoms with Gasteiger partial charge in [-0.1, -0.05) is 42.5 Å². The fourth-order valence-corrected chi connectivity index (χ4v) is 4.61. The van der Waals surface area contributed by atoms with Crippen LogP contribution in [0.15, 0.2) is 42.5 Å². The first-order chi connectivity index (χ1) is 11.2. The minimum Gasteiger partial charge on any atom is -0.393 e. The summed E-state index contributed by atoms with van der Waals surface area (Å²) < 4.78 is 5.95. The van der Waals surface area contributed by atoms with E-state index in [0.29, 0.717) is 6.04 Å². The van der Waals surface area contributed by atoms with Gasteiger partial charge in [0.25, 0.3) is 0 Å². The Kier molecular flexibility index (Phi) is 3.88. The summed E-state index contributed by atoms with van der Waals surface area (Å²) in [5.74, 6) is 0. The van der Waals surface area contributed by atoms with Gasteiger partial charge in [-0.3, -0.25) is 4.90 Å². The van der Waals surface area contributed by atoms with Crippen LogP contribution >= 0.6 is 0 Å². The smallest absolute Gasteiger partial charge is 0.0847 e. The third-order valence-electron chi connectivity index (χ3n) is 5.93. The number of hydrogen-bond acceptors (Lipinski definition) is 3. The topological polar surface area (TPSA) is 32.7 Å². The highest BCUT2D eigenvalue weighted by atomic mass is 16.5. The molecule has 122 valence electrons. The molecule has 0 radical (unpaired) electrons. The monoisotopic (exact) mass is 311 g/mol. The van der Waals surface area contributed by atoms with E-state index in [9.17, 15) is 5.11 Å². The maximum atomic E-state index is 10.1. The molecule has 3 nitrogen and oxygen atoms in total. The van der Waals surface area contributed by atoms with Crippen LogP contribution in [0.4, 0.5) is 0 Å². The van der Waals surface area contributed by atoms with Gasteiger partial charge in [0.15, 0.2) is 0 Å². The van der Waals surface area contributed by atoms with Gasteiger partial charge in [0.2, 0.25) is 0 Å². The summed E-state index contributed by atoms with van der Waals surface area (Å²) in [6.45, 7) is 1.98. The van der Waals surface area contributed by atoms with Gasteiger partial charge in [-0.25, -0.2) is 0 Å². The first-order valence-electron chi connectivity index (χ1n) is 8.66. The molecule has 23 heavy (non-hydrogen) atoms. The number of ether oxygens (including phenoxy) is 1. The molecule has 0 bridgehead atoms. The van der Waals surface area contributed by atoms with Gasteiger partial charge in [-0.05, 0) is 42.0 Å². The molecule has 1 N–H and O–H groups in total. The minimum atomic E-state index is -0.184. The van der Waals surface area contributed by atoms with Crippen molar-refractivity contribution in [3.63, 3.8) is 0 Å². The number of likely N-dealkylation sites (tertiary alicyclic amines) is 1. The van der Waals surface area contributed by atoms with E-state index in [1.54, 1.807) is 0 Å². The van der Waals surface area contributed by atoms with E-state index >= 15 is 0 Å². The Hall–Kier alpha value is -1.42. The molecule has 1 heterocycles. The Morgan fingerprint density at radius 3 is 2.87 bits per heavy atom. The molecule has 1 saturated carbocycles. The molecule has 3 heteroatoms. The van der Waals surface area contributed by atoms with Crippen LogP contribution in [0.25, 0.3) is 10.8 Å². The van der Waals surface area contributed by atoms with Gasteiger partial charge in [-0.2, -0.15) is 0 Å². The number of aliphatic hydroxyl groups excluding tert-OH is 1. The first kappa shape index (κ1) is 15.1. The van der Waals surface area contributed by atoms with Crippen molar-refractivity contribution in [2.45, 2.75) is 50.0 Å². The van der Waals surface area contributed by atoms with Crippen LogP contribution in [-0.4, -0.2) is 41.4 Å². The molecule has 0 unspecified atom stereocenters. The van der Waals surface area contributed by atoms with Crippen molar-refractivity contribution in [1.82, 2.24) is 4.90 Å². The average molecular weight is 311 g/mol. The second-order valence-electron chi connectivity index (χ2n) is 7.07. The lowest BCUT2D eigenvalue weighted by molar-refractivity contribution is -0.0879. The van der Waals surface area contributed by atoms with Crippen molar-refractivity contribution in [1.29, 1.82) is 0 Å². The summed E-state index contributed by atoms with van der Waals surface area (Å²) >= 11 is 0. The molecule has 1 aliphatic carbocycles. The van der Waals surface area contributed by atoms with Crippen LogP contribution in [0.3, 0.4) is 0 Å². The molecule has 1 saturated heterocycles. The molecule has 3 atom stereocenters. The molecule has 1 aliphatic heterocycles. The minimum absolute atomic E-state index is 0.0518. The van der Waals surface area contributed by atoms with Crippen molar-refractivity contribution >= 4 is 10.8 Å². The number of nitrogens with zero attached hydrogens (tertiary/aromatic N) is 1. The van der Waals surface area contributed by atoms with Gasteiger partial charge in [-0.15, -0.1) is 0 Å². The zero-order valence-electron chi connectivity index (χ0n) is 13.7. The van der Waals surface area contributed by atoms with Crippen LogP contribution < -0.4 is 0 Å². The van der Waals surface area contributed by atoms with E-state index in [2.05, 4.69) is 47.4 Å². The first-order valence-corrected chi connectivity index (χ1v) is 8.66. The Balaban J connectivity index is 1.63. The van der Waals surface area contributed by atoms with Crippen molar-refractivity contribution in [3.05, 3.63) is 48.0 Å². The lowest BCUT2D eigenvalue weighted by Crippen LogP contribution is -2.51. The molecular weight excluding hydrogens is 286 g/mol. The summed E-state index contributed by atoms with van der Waals surface area (Å²) in [6.07, 6.45) is 3.56. The molecule has 2 aliphatic rings. The predicted molar refractivity (Wildman–Crippen MR) is 92.4 cm³/mol. The van der Waals surface area contributed by atoms with E-state index in [-0.39, 0.29) is 11.7 Å². The van der Waals surface area contributed by atoms with Gasteiger partial charge in [0.05, 0.1) is 11.7 Å². The summed E-state index contributed by atoms with van der Waals surface area (Å²) in [6, 6.07) is 15.5. The molecule has 2 fully saturated rings. The number of methoxy groups -OCH3 is 1. The fraction of sp³-hybridized carbons (Fsp3) is 0.500. The summed E-state index contributed by atoms with van der Waals surface area (Å²) in [7, 11) is 1.84. The normalized spacial score (nSPS) is 31.4. The average Bonchev–Trinajstić information content (AvgIpc) is 2.94. The highest BCUT2D eigenvalue weighted by Gasteiger charge is 2.50. The van der Waals surface area contributed by atoms with Crippen LogP contribution in [-0.2, 0) is 11.3 Å². The third kappa shape index (κ3) is 2.57. The van der Waals surface area contributed by atoms with Gasteiger partial charge in [0, 0.05) is 26.2 Å². The number of fused-ring (bicyclic) bond motifs is 2. The molecular formula is C20H25NO2. The van der Waals surface area contributed by atoms with Crippen LogP contribution in [0, 0.1) is 0 Å². The van der Waals surface area contributed by atoms with E-state index in [1.165, 1.54) is 16.3 Å². The largest absolute Gasteiger partial charge is 0.393 e. The van der Waals surface area contributed by atoms with Crippen LogP contribution in [0.1, 0.15) is 31.2 Å². The molecule has 0 amide bonds. The highest BCUT2D eigenvalue weighted by Crippen LogP contribution is 2.43. The Labute approximate surface area is 137 Å². The molecule has 2 aromatic rings. The van der Waals surface area contributed by atoms with E-state index < -0.39 is 0 Å². The van der Waals surface area contributed by atoms with Gasteiger partial charge < -0.3 is 9.84 Å². The number of hydrogen-bond donors (Lipinski definition) is 1. The van der Waals surface area contributed by atoms with Crippen LogP contribution in [0.5, 0.6) is 0 Å². The predicted octanol–water partition coefficient (Wildman–Crippen LogP) is 3.34. The van der Waals surface area contributed by atoms with Crippen molar-refractivity contribution in [2.24, 2.45) is 0 Å². The van der Waals surface area contributed by atoms with Crippen molar-refractivity contribution in [2.75, 3.05) is 13.7 Å². The fourth-order valence-electron chi connectivity index (χ4n) is 4.61. The van der Waals surface area contributed by atoms with E-state index in [0.717, 1.165) is 38.8 Å². The second kappa shape index (κ2) is 5.90. The van der Waals surface area contributed by atoms with Crippen molar-refractivity contribution < 1.29 is 9.84 Å². The zero-order valence-corrected chi connectivity index (χ0v) is 13.7. The quantitative estimate of drug-likeness (QED) is 0.943. The molecule has 0 spiro atoms. The Morgan fingerprint density at radius 1 is 1.17 bits per heavy atom. The lowest BCUT2D eigenvalue weighted by Gasteiger charge is -2.42. The molecule has 4 rings (SSSR count). The SMILES string of the molecule is CO[C@@]12CC[C@@H](O)C[C@@H]1N(Cc1cccc3ccccc13)CC2. The Morgan fingerprint density at radius 2 is 2.00 bits per heavy atom. The summed E-state index contributed by atoms with van der Waals surface area (Å²) in [5.41, 5.74) is 1.32. The van der Waals surface area contributed by atoms with E-state index in [4.69, 9.17) is 4.74 Å². The number of aliphatic hydroxyl groups is 1. The summed E-state index contributed by atoms with van der Waals surface area (Å²) in [4.78, 5) is 2.52. The van der Waals surface area contributed by atoms with Crippen molar-refractivity contribution in [3.8, 4) is 0 Å². The Bertz CT molecular complexity index is 696. The summed E-state index contributed by atoms with van der Waals surface area (Å²) in [5, 5.41) is 12.8. The maximum Gasteiger partial charge on any atom is 0.0847 e. The van der Waals surface area contributed by atoms with Gasteiger partial charge >= 0.3 is 0 Å². The second-order valence-corrected chi connectivity index (χ2v) is 7.07. The molecule has 2 aromatic carbocycles. The van der Waals surface area contributed by atoms with Crippen LogP contribution in [0.2, 0.25) is 0 Å². The lowest BCUT2D eigenvalue weighted by atomic mass is 9.79. The third-order valence-corrected chi connectivity index (χ3v) is 5.93. The van der Waals surface area contributed by atoms with Gasteiger partial charge in [0.1, 0.15) is 0 Å². The maximum absolute atomic E-state index is 10.1. The highest BCUT2D eigenvalue weighted by molar-refractivity contribution is 5.85. The van der Waals surface area contributed by atoms with E-state index in [1.807, 2.05) is 7.11 Å². The number of rotatable bonds is 3. The standard InChI is InChI=1S/C20H25NO2/c1-23-20-10-9-17(22)13-19(20)21(12-11-20)14-16-7-4-6-15-5-2-3-8-18(15)16/h2-8,17,19,22H,9-14H2,1H3/t17-,19+,20-/m1/s1. The molecule has 0 aromatic heterocycles. The number of benzene rings is 2. The zero-order chi connectivity index (χ0) is 15.9.